The van der Waals surface area contributed by atoms with Gasteiger partial charge in [0, 0.05) is 12.4 Å². The fourth-order valence-electron chi connectivity index (χ4n) is 2.13. The Labute approximate surface area is 148 Å². The summed E-state index contributed by atoms with van der Waals surface area (Å²) >= 11 is 5.91. The average molecular weight is 385 g/mol. The number of nitrogens with zero attached hydrogens (tertiary/aromatic N) is 5. The molecule has 2 heterocycles. The SMILES string of the molecule is O=[N+]([O-])c1c(Nc2cc(C(F)(F)F)ccc2Cl)ncnc1-n1ccnc1. The van der Waals surface area contributed by atoms with Crippen LogP contribution >= 0.6 is 11.6 Å². The number of rotatable bonds is 4. The number of hydrogen-bond acceptors (Lipinski definition) is 6. The van der Waals surface area contributed by atoms with Gasteiger partial charge in [-0.2, -0.15) is 13.2 Å². The summed E-state index contributed by atoms with van der Waals surface area (Å²) in [5, 5.41) is 13.9. The topological polar surface area (TPSA) is 98.8 Å². The van der Waals surface area contributed by atoms with E-state index >= 15 is 0 Å². The Balaban J connectivity index is 2.09. The lowest BCUT2D eigenvalue weighted by Crippen LogP contribution is -2.08. The predicted molar refractivity (Wildman–Crippen MR) is 85.5 cm³/mol. The van der Waals surface area contributed by atoms with Crippen LogP contribution in [0.2, 0.25) is 5.02 Å². The van der Waals surface area contributed by atoms with Crippen molar-refractivity contribution in [3.8, 4) is 5.82 Å². The van der Waals surface area contributed by atoms with Gasteiger partial charge in [0.1, 0.15) is 12.7 Å². The number of imidazole rings is 1. The quantitative estimate of drug-likeness (QED) is 0.539. The van der Waals surface area contributed by atoms with Crippen LogP contribution in [0.15, 0.2) is 43.2 Å². The van der Waals surface area contributed by atoms with Crippen molar-refractivity contribution in [2.45, 2.75) is 6.18 Å². The highest BCUT2D eigenvalue weighted by molar-refractivity contribution is 6.33. The van der Waals surface area contributed by atoms with Crippen LogP contribution in [0, 0.1) is 10.1 Å². The van der Waals surface area contributed by atoms with Crippen molar-refractivity contribution < 1.29 is 18.1 Å². The van der Waals surface area contributed by atoms with Gasteiger partial charge >= 0.3 is 11.9 Å². The molecule has 0 bridgehead atoms. The number of alkyl halides is 3. The lowest BCUT2D eigenvalue weighted by atomic mass is 10.2. The standard InChI is InChI=1S/C14H8ClF3N6O2/c15-9-2-1-8(14(16,17)18)5-10(9)22-12-11(24(25)26)13(21-6-20-12)23-4-3-19-7-23/h1-7H,(H,20,21,22). The van der Waals surface area contributed by atoms with Gasteiger partial charge in [0.25, 0.3) is 0 Å². The van der Waals surface area contributed by atoms with Crippen molar-refractivity contribution >= 4 is 28.8 Å². The van der Waals surface area contributed by atoms with E-state index in [9.17, 15) is 23.3 Å². The lowest BCUT2D eigenvalue weighted by Gasteiger charge is -2.13. The minimum Gasteiger partial charge on any atom is -0.333 e. The Morgan fingerprint density at radius 1 is 1.27 bits per heavy atom. The average Bonchev–Trinajstić information content (AvgIpc) is 3.09. The molecule has 0 saturated carbocycles. The summed E-state index contributed by atoms with van der Waals surface area (Å²) in [6.45, 7) is 0. The van der Waals surface area contributed by atoms with E-state index in [1.165, 1.54) is 23.3 Å². The van der Waals surface area contributed by atoms with Crippen molar-refractivity contribution in [1.29, 1.82) is 0 Å². The largest absolute Gasteiger partial charge is 0.416 e. The molecule has 0 radical (unpaired) electrons. The third-order valence-electron chi connectivity index (χ3n) is 3.28. The van der Waals surface area contributed by atoms with Crippen molar-refractivity contribution in [3.63, 3.8) is 0 Å². The van der Waals surface area contributed by atoms with E-state index < -0.39 is 22.4 Å². The first-order valence-electron chi connectivity index (χ1n) is 6.89. The molecule has 0 aliphatic carbocycles. The molecule has 12 heteroatoms. The van der Waals surface area contributed by atoms with Gasteiger partial charge in [0.15, 0.2) is 0 Å². The summed E-state index contributed by atoms with van der Waals surface area (Å²) in [7, 11) is 0. The van der Waals surface area contributed by atoms with Crippen LogP contribution in [0.5, 0.6) is 0 Å². The van der Waals surface area contributed by atoms with E-state index in [2.05, 4.69) is 20.3 Å². The molecule has 26 heavy (non-hydrogen) atoms. The highest BCUT2D eigenvalue weighted by Crippen LogP contribution is 2.36. The highest BCUT2D eigenvalue weighted by atomic mass is 35.5. The van der Waals surface area contributed by atoms with Crippen LogP contribution in [0.1, 0.15) is 5.56 Å². The van der Waals surface area contributed by atoms with Gasteiger partial charge in [-0.25, -0.2) is 15.0 Å². The normalized spacial score (nSPS) is 11.4. The number of nitrogens with one attached hydrogen (secondary N) is 1. The number of anilines is 2. The molecular weight excluding hydrogens is 377 g/mol. The Morgan fingerprint density at radius 3 is 2.65 bits per heavy atom. The molecule has 0 saturated heterocycles. The molecule has 0 fully saturated rings. The minimum atomic E-state index is -4.60. The van der Waals surface area contributed by atoms with Crippen LogP contribution in [0.4, 0.5) is 30.4 Å². The Bertz CT molecular complexity index is 962. The number of benzene rings is 1. The number of hydrogen-bond donors (Lipinski definition) is 1. The van der Waals surface area contributed by atoms with E-state index in [4.69, 9.17) is 11.6 Å². The summed E-state index contributed by atoms with van der Waals surface area (Å²) in [6.07, 6.45) is 0.544. The molecular formula is C14H8ClF3N6O2. The summed E-state index contributed by atoms with van der Waals surface area (Å²) in [5.41, 5.74) is -1.69. The molecule has 0 aliphatic rings. The van der Waals surface area contributed by atoms with Crippen LogP contribution in [-0.4, -0.2) is 24.4 Å². The van der Waals surface area contributed by atoms with E-state index in [1.54, 1.807) is 0 Å². The summed E-state index contributed by atoms with van der Waals surface area (Å²) in [4.78, 5) is 22.1. The molecule has 3 aromatic rings. The van der Waals surface area contributed by atoms with Gasteiger partial charge in [-0.1, -0.05) is 11.6 Å². The second-order valence-corrected chi connectivity index (χ2v) is 5.35. The summed E-state index contributed by atoms with van der Waals surface area (Å²) < 4.78 is 39.9. The number of aromatic nitrogens is 4. The zero-order valence-electron chi connectivity index (χ0n) is 12.6. The van der Waals surface area contributed by atoms with E-state index in [-0.39, 0.29) is 22.3 Å². The number of nitro groups is 1. The molecule has 134 valence electrons. The number of halogens is 4. The molecule has 0 amide bonds. The van der Waals surface area contributed by atoms with Crippen LogP contribution < -0.4 is 5.32 Å². The Morgan fingerprint density at radius 2 is 2.04 bits per heavy atom. The van der Waals surface area contributed by atoms with Gasteiger partial charge in [-0.05, 0) is 18.2 Å². The lowest BCUT2D eigenvalue weighted by molar-refractivity contribution is -0.384. The van der Waals surface area contributed by atoms with E-state index in [0.29, 0.717) is 0 Å². The van der Waals surface area contributed by atoms with Crippen molar-refractivity contribution in [1.82, 2.24) is 19.5 Å². The summed E-state index contributed by atoms with van der Waals surface area (Å²) in [5.74, 6) is -0.414. The molecule has 2 aromatic heterocycles. The van der Waals surface area contributed by atoms with Gasteiger partial charge in [-0.15, -0.1) is 0 Å². The van der Waals surface area contributed by atoms with E-state index in [0.717, 1.165) is 24.5 Å². The molecule has 1 aromatic carbocycles. The maximum Gasteiger partial charge on any atom is 0.416 e. The Kier molecular flexibility index (Phi) is 4.47. The monoisotopic (exact) mass is 384 g/mol. The first-order chi connectivity index (χ1) is 12.3. The molecule has 0 unspecified atom stereocenters. The second-order valence-electron chi connectivity index (χ2n) is 4.94. The minimum absolute atomic E-state index is 0.0601. The van der Waals surface area contributed by atoms with Gasteiger partial charge in [0.05, 0.1) is 21.2 Å². The predicted octanol–water partition coefficient (Wildman–Crippen LogP) is 3.99. The van der Waals surface area contributed by atoms with Gasteiger partial charge < -0.3 is 5.32 Å². The van der Waals surface area contributed by atoms with Gasteiger partial charge in [-0.3, -0.25) is 14.7 Å². The molecule has 0 aliphatic heterocycles. The molecule has 0 atom stereocenters. The van der Waals surface area contributed by atoms with Crippen molar-refractivity contribution in [2.24, 2.45) is 0 Å². The fraction of sp³-hybridized carbons (Fsp3) is 0.0714. The first-order valence-corrected chi connectivity index (χ1v) is 7.26. The molecule has 1 N–H and O–H groups in total. The van der Waals surface area contributed by atoms with Crippen LogP contribution in [0.3, 0.4) is 0 Å². The van der Waals surface area contributed by atoms with Crippen molar-refractivity contribution in [2.75, 3.05) is 5.32 Å². The zero-order valence-corrected chi connectivity index (χ0v) is 13.4. The van der Waals surface area contributed by atoms with E-state index in [1.807, 2.05) is 0 Å². The molecule has 0 spiro atoms. The molecule has 3 rings (SSSR count). The van der Waals surface area contributed by atoms with Gasteiger partial charge in [0.2, 0.25) is 11.6 Å². The Hall–Kier alpha value is -3.21. The maximum atomic E-state index is 12.9. The third-order valence-corrected chi connectivity index (χ3v) is 3.61. The second kappa shape index (κ2) is 6.59. The fourth-order valence-corrected chi connectivity index (χ4v) is 2.29. The first kappa shape index (κ1) is 17.6. The molecule has 8 nitrogen and oxygen atoms in total. The van der Waals surface area contributed by atoms with Crippen LogP contribution in [0.25, 0.3) is 5.82 Å². The zero-order chi connectivity index (χ0) is 18.9. The summed E-state index contributed by atoms with van der Waals surface area (Å²) in [6, 6.07) is 2.58. The maximum absolute atomic E-state index is 12.9. The third kappa shape index (κ3) is 3.42. The smallest absolute Gasteiger partial charge is 0.333 e. The van der Waals surface area contributed by atoms with Crippen LogP contribution in [-0.2, 0) is 6.18 Å². The van der Waals surface area contributed by atoms with Crippen molar-refractivity contribution in [3.05, 3.63) is 63.9 Å². The highest BCUT2D eigenvalue weighted by Gasteiger charge is 2.31.